The van der Waals surface area contributed by atoms with E-state index in [-0.39, 0.29) is 17.5 Å². The van der Waals surface area contributed by atoms with Crippen molar-refractivity contribution in [2.75, 3.05) is 33.9 Å². The quantitative estimate of drug-likeness (QED) is 0.404. The van der Waals surface area contributed by atoms with Crippen molar-refractivity contribution in [3.8, 4) is 11.5 Å². The summed E-state index contributed by atoms with van der Waals surface area (Å²) in [6.07, 6.45) is 3.29. The van der Waals surface area contributed by atoms with Gasteiger partial charge in [-0.25, -0.2) is 4.98 Å². The van der Waals surface area contributed by atoms with E-state index < -0.39 is 0 Å². The first-order valence-corrected chi connectivity index (χ1v) is 12.2. The Labute approximate surface area is 206 Å². The van der Waals surface area contributed by atoms with Crippen LogP contribution in [-0.4, -0.2) is 60.3 Å². The van der Waals surface area contributed by atoms with Gasteiger partial charge in [0, 0.05) is 31.6 Å². The van der Waals surface area contributed by atoms with Gasteiger partial charge in [0.25, 0.3) is 5.56 Å². The molecule has 0 aliphatic rings. The Kier molecular flexibility index (Phi) is 9.66. The van der Waals surface area contributed by atoms with Crippen molar-refractivity contribution >= 4 is 16.8 Å². The zero-order valence-corrected chi connectivity index (χ0v) is 21.1. The maximum absolute atomic E-state index is 12.9. The van der Waals surface area contributed by atoms with Crippen LogP contribution in [0.25, 0.3) is 10.9 Å². The van der Waals surface area contributed by atoms with Crippen LogP contribution in [0.3, 0.4) is 0 Å². The fourth-order valence-electron chi connectivity index (χ4n) is 4.33. The van der Waals surface area contributed by atoms with Crippen LogP contribution in [0, 0.1) is 0 Å². The number of hydrogen-bond acceptors (Lipinski definition) is 6. The molecule has 1 N–H and O–H groups in total. The zero-order valence-electron chi connectivity index (χ0n) is 21.1. The van der Waals surface area contributed by atoms with Gasteiger partial charge in [-0.05, 0) is 37.6 Å². The lowest BCUT2D eigenvalue weighted by Gasteiger charge is -2.30. The number of nitrogens with one attached hydrogen (secondary N) is 1. The van der Waals surface area contributed by atoms with E-state index in [2.05, 4.69) is 41.2 Å². The number of rotatable bonds is 13. The highest BCUT2D eigenvalue weighted by molar-refractivity contribution is 5.81. The highest BCUT2D eigenvalue weighted by atomic mass is 16.5. The average Bonchev–Trinajstić information content (AvgIpc) is 2.89. The van der Waals surface area contributed by atoms with E-state index in [4.69, 9.17) is 9.47 Å². The second-order valence-corrected chi connectivity index (χ2v) is 8.44. The highest BCUT2D eigenvalue weighted by Crippen LogP contribution is 2.29. The molecule has 35 heavy (non-hydrogen) atoms. The fourth-order valence-corrected chi connectivity index (χ4v) is 4.33. The first kappa shape index (κ1) is 26.2. The van der Waals surface area contributed by atoms with Crippen molar-refractivity contribution in [1.82, 2.24) is 19.8 Å². The summed E-state index contributed by atoms with van der Waals surface area (Å²) in [6.45, 7) is 7.15. The summed E-state index contributed by atoms with van der Waals surface area (Å²) in [5.41, 5.74) is 1.64. The average molecular weight is 481 g/mol. The molecule has 3 aromatic rings. The summed E-state index contributed by atoms with van der Waals surface area (Å²) >= 11 is 0. The molecule has 1 heterocycles. The Morgan fingerprint density at radius 1 is 1.09 bits per heavy atom. The van der Waals surface area contributed by atoms with Gasteiger partial charge in [-0.2, -0.15) is 0 Å². The second-order valence-electron chi connectivity index (χ2n) is 8.44. The molecule has 0 aliphatic carbocycles. The number of carbonyl (C=O) groups excluding carboxylic acids is 1. The summed E-state index contributed by atoms with van der Waals surface area (Å²) in [6, 6.07) is 13.9. The molecule has 2 aromatic carbocycles. The summed E-state index contributed by atoms with van der Waals surface area (Å²) < 4.78 is 12.1. The Bertz CT molecular complexity index is 1160. The third kappa shape index (κ3) is 6.82. The monoisotopic (exact) mass is 480 g/mol. The molecule has 8 heteroatoms. The van der Waals surface area contributed by atoms with Crippen molar-refractivity contribution in [1.29, 1.82) is 0 Å². The van der Waals surface area contributed by atoms with Crippen molar-refractivity contribution in [2.45, 2.75) is 45.7 Å². The number of benzene rings is 2. The van der Waals surface area contributed by atoms with Gasteiger partial charge in [-0.3, -0.25) is 19.1 Å². The van der Waals surface area contributed by atoms with Gasteiger partial charge >= 0.3 is 0 Å². The van der Waals surface area contributed by atoms with Crippen molar-refractivity contribution in [3.63, 3.8) is 0 Å². The number of methoxy groups -OCH3 is 2. The van der Waals surface area contributed by atoms with Crippen LogP contribution in [0.1, 0.15) is 32.3 Å². The SMILES string of the molecule is CCN(CC)C(CNC(=O)CCCn1cnc2cc(OC)c(OC)cc2c1=O)Cc1ccccc1. The lowest BCUT2D eigenvalue weighted by Crippen LogP contribution is -2.45. The predicted octanol–water partition coefficient (Wildman–Crippen LogP) is 3.26. The Balaban J connectivity index is 1.58. The summed E-state index contributed by atoms with van der Waals surface area (Å²) in [5.74, 6) is 0.995. The van der Waals surface area contributed by atoms with Crippen LogP contribution in [0.5, 0.6) is 11.5 Å². The molecule has 0 spiro atoms. The molecular weight excluding hydrogens is 444 g/mol. The van der Waals surface area contributed by atoms with Crippen LogP contribution in [0.2, 0.25) is 0 Å². The van der Waals surface area contributed by atoms with Gasteiger partial charge in [-0.1, -0.05) is 44.2 Å². The van der Waals surface area contributed by atoms with E-state index in [0.29, 0.717) is 48.3 Å². The topological polar surface area (TPSA) is 85.7 Å². The van der Waals surface area contributed by atoms with Gasteiger partial charge in [0.1, 0.15) is 0 Å². The van der Waals surface area contributed by atoms with Crippen LogP contribution in [0.4, 0.5) is 0 Å². The highest BCUT2D eigenvalue weighted by Gasteiger charge is 2.17. The Morgan fingerprint density at radius 2 is 1.77 bits per heavy atom. The molecule has 0 fully saturated rings. The molecule has 0 saturated heterocycles. The first-order valence-electron chi connectivity index (χ1n) is 12.2. The number of likely N-dealkylation sites (N-methyl/N-ethyl adjacent to an activating group) is 1. The molecular formula is C27H36N4O4. The van der Waals surface area contributed by atoms with E-state index in [1.54, 1.807) is 19.2 Å². The lowest BCUT2D eigenvalue weighted by molar-refractivity contribution is -0.121. The molecule has 1 atom stereocenters. The molecule has 0 aliphatic heterocycles. The molecule has 1 aromatic heterocycles. The fraction of sp³-hybridized carbons (Fsp3) is 0.444. The van der Waals surface area contributed by atoms with Crippen LogP contribution in [0.15, 0.2) is 53.6 Å². The van der Waals surface area contributed by atoms with E-state index in [9.17, 15) is 9.59 Å². The predicted molar refractivity (Wildman–Crippen MR) is 138 cm³/mol. The van der Waals surface area contributed by atoms with E-state index >= 15 is 0 Å². The molecule has 188 valence electrons. The third-order valence-corrected chi connectivity index (χ3v) is 6.31. The van der Waals surface area contributed by atoms with Gasteiger partial charge < -0.3 is 14.8 Å². The number of nitrogens with zero attached hydrogens (tertiary/aromatic N) is 3. The summed E-state index contributed by atoms with van der Waals surface area (Å²) in [4.78, 5) is 32.3. The molecule has 8 nitrogen and oxygen atoms in total. The summed E-state index contributed by atoms with van der Waals surface area (Å²) in [5, 5.41) is 3.55. The number of fused-ring (bicyclic) bond motifs is 1. The maximum Gasteiger partial charge on any atom is 0.261 e. The molecule has 1 unspecified atom stereocenters. The number of aryl methyl sites for hydroxylation is 1. The number of aromatic nitrogens is 2. The smallest absolute Gasteiger partial charge is 0.261 e. The van der Waals surface area contributed by atoms with E-state index in [0.717, 1.165) is 19.5 Å². The zero-order chi connectivity index (χ0) is 25.2. The minimum absolute atomic E-state index is 0.0107. The second kappa shape index (κ2) is 12.9. The minimum atomic E-state index is -0.166. The number of ether oxygens (including phenoxy) is 2. The molecule has 1 amide bonds. The number of carbonyl (C=O) groups is 1. The first-order chi connectivity index (χ1) is 17.0. The molecule has 0 bridgehead atoms. The van der Waals surface area contributed by atoms with Crippen molar-refractivity contribution in [2.24, 2.45) is 0 Å². The maximum atomic E-state index is 12.9. The van der Waals surface area contributed by atoms with Gasteiger partial charge in [-0.15, -0.1) is 0 Å². The van der Waals surface area contributed by atoms with E-state index in [1.807, 2.05) is 18.2 Å². The molecule has 0 radical (unpaired) electrons. The lowest BCUT2D eigenvalue weighted by atomic mass is 10.0. The molecule has 3 rings (SSSR count). The van der Waals surface area contributed by atoms with Gasteiger partial charge in [0.2, 0.25) is 5.91 Å². The minimum Gasteiger partial charge on any atom is -0.493 e. The van der Waals surface area contributed by atoms with Crippen molar-refractivity contribution in [3.05, 3.63) is 64.7 Å². The normalized spacial score (nSPS) is 12.0. The van der Waals surface area contributed by atoms with Crippen LogP contribution >= 0.6 is 0 Å². The number of amides is 1. The van der Waals surface area contributed by atoms with E-state index in [1.165, 1.54) is 23.6 Å². The Morgan fingerprint density at radius 3 is 2.43 bits per heavy atom. The molecule has 0 saturated carbocycles. The van der Waals surface area contributed by atoms with Crippen molar-refractivity contribution < 1.29 is 14.3 Å². The summed E-state index contributed by atoms with van der Waals surface area (Å²) in [7, 11) is 3.07. The van der Waals surface area contributed by atoms with Gasteiger partial charge in [0.15, 0.2) is 11.5 Å². The third-order valence-electron chi connectivity index (χ3n) is 6.31. The van der Waals surface area contributed by atoms with Gasteiger partial charge in [0.05, 0.1) is 31.4 Å². The Hall–Kier alpha value is -3.39. The largest absolute Gasteiger partial charge is 0.493 e. The van der Waals surface area contributed by atoms with Crippen LogP contribution in [-0.2, 0) is 17.8 Å². The number of hydrogen-bond donors (Lipinski definition) is 1. The van der Waals surface area contributed by atoms with Crippen LogP contribution < -0.4 is 20.3 Å². The standard InChI is InChI=1S/C27H36N4O4/c1-5-30(6-2)21(15-20-11-8-7-9-12-20)18-28-26(32)13-10-14-31-19-29-23-17-25(35-4)24(34-3)16-22(23)27(31)33/h7-9,11-12,16-17,19,21H,5-6,10,13-15,18H2,1-4H3,(H,28,32).